The summed E-state index contributed by atoms with van der Waals surface area (Å²) >= 11 is 3.48. The number of methoxy groups -OCH3 is 1. The van der Waals surface area contributed by atoms with Crippen LogP contribution >= 0.6 is 28.3 Å². The first-order chi connectivity index (χ1) is 9.56. The van der Waals surface area contributed by atoms with Crippen LogP contribution in [0.4, 0.5) is 0 Å². The van der Waals surface area contributed by atoms with Crippen molar-refractivity contribution in [3.05, 3.63) is 33.8 Å². The Balaban J connectivity index is 0.00000220. The van der Waals surface area contributed by atoms with Crippen LogP contribution in [0.3, 0.4) is 0 Å². The van der Waals surface area contributed by atoms with Crippen molar-refractivity contribution in [1.29, 1.82) is 0 Å². The number of hydrogen-bond acceptors (Lipinski definition) is 3. The average molecular weight is 378 g/mol. The number of amides is 1. The maximum atomic E-state index is 12.6. The number of benzene rings is 1. The number of carbonyl (C=O) groups excluding carboxylic acids is 1. The summed E-state index contributed by atoms with van der Waals surface area (Å²) in [5.74, 6) is 0.0516. The Morgan fingerprint density at radius 2 is 2.24 bits per heavy atom. The standard InChI is InChI=1S/C15H21BrN2O2.ClH/c1-10-3-4-11(7-14(10)16)15(19)18-6-5-13(20-2)8-12(18)9-17;/h3-4,7,12-13H,5-6,8-9,17H2,1-2H3;1H. The predicted molar refractivity (Wildman–Crippen MR) is 90.0 cm³/mol. The zero-order chi connectivity index (χ0) is 14.7. The summed E-state index contributed by atoms with van der Waals surface area (Å²) in [7, 11) is 1.72. The molecule has 0 saturated carbocycles. The first kappa shape index (κ1) is 18.4. The molecule has 4 nitrogen and oxygen atoms in total. The molecule has 0 aliphatic carbocycles. The predicted octanol–water partition coefficient (Wildman–Crippen LogP) is 2.76. The fourth-order valence-electron chi connectivity index (χ4n) is 2.61. The van der Waals surface area contributed by atoms with E-state index >= 15 is 0 Å². The fraction of sp³-hybridized carbons (Fsp3) is 0.533. The number of hydrogen-bond donors (Lipinski definition) is 1. The second kappa shape index (κ2) is 8.13. The molecule has 1 saturated heterocycles. The van der Waals surface area contributed by atoms with Crippen LogP contribution in [-0.2, 0) is 4.74 Å². The normalized spacial score (nSPS) is 21.8. The van der Waals surface area contributed by atoms with Crippen LogP contribution in [0.2, 0.25) is 0 Å². The van der Waals surface area contributed by atoms with Gasteiger partial charge in [-0.05, 0) is 37.5 Å². The first-order valence-electron chi connectivity index (χ1n) is 6.86. The van der Waals surface area contributed by atoms with Crippen LogP contribution in [0.25, 0.3) is 0 Å². The maximum Gasteiger partial charge on any atom is 0.254 e. The van der Waals surface area contributed by atoms with Gasteiger partial charge < -0.3 is 15.4 Å². The van der Waals surface area contributed by atoms with Crippen molar-refractivity contribution >= 4 is 34.2 Å². The molecule has 118 valence electrons. The third kappa shape index (κ3) is 4.19. The third-order valence-corrected chi connectivity index (χ3v) is 4.81. The van der Waals surface area contributed by atoms with E-state index < -0.39 is 0 Å². The van der Waals surface area contributed by atoms with Crippen molar-refractivity contribution in [3.8, 4) is 0 Å². The van der Waals surface area contributed by atoms with Crippen molar-refractivity contribution in [2.45, 2.75) is 31.9 Å². The average Bonchev–Trinajstić information content (AvgIpc) is 2.48. The molecule has 1 aliphatic heterocycles. The van der Waals surface area contributed by atoms with E-state index in [0.717, 1.165) is 22.9 Å². The van der Waals surface area contributed by atoms with E-state index in [2.05, 4.69) is 15.9 Å². The van der Waals surface area contributed by atoms with Crippen LogP contribution in [0.5, 0.6) is 0 Å². The summed E-state index contributed by atoms with van der Waals surface area (Å²) in [5, 5.41) is 0. The molecule has 1 aliphatic rings. The lowest BCUT2D eigenvalue weighted by atomic mass is 9.98. The molecular formula is C15H22BrClN2O2. The van der Waals surface area contributed by atoms with E-state index in [-0.39, 0.29) is 30.5 Å². The highest BCUT2D eigenvalue weighted by Gasteiger charge is 2.31. The zero-order valence-electron chi connectivity index (χ0n) is 12.3. The summed E-state index contributed by atoms with van der Waals surface area (Å²) < 4.78 is 6.35. The van der Waals surface area contributed by atoms with Crippen LogP contribution in [0.1, 0.15) is 28.8 Å². The Morgan fingerprint density at radius 3 is 2.81 bits per heavy atom. The van der Waals surface area contributed by atoms with E-state index in [9.17, 15) is 4.79 Å². The lowest BCUT2D eigenvalue weighted by Gasteiger charge is -2.38. The van der Waals surface area contributed by atoms with Crippen LogP contribution < -0.4 is 5.73 Å². The van der Waals surface area contributed by atoms with Crippen molar-refractivity contribution in [1.82, 2.24) is 4.90 Å². The summed E-state index contributed by atoms with van der Waals surface area (Å²) in [4.78, 5) is 14.5. The van der Waals surface area contributed by atoms with Gasteiger partial charge in [-0.1, -0.05) is 22.0 Å². The molecule has 1 heterocycles. The molecule has 1 aromatic carbocycles. The van der Waals surface area contributed by atoms with Gasteiger partial charge in [0, 0.05) is 36.3 Å². The minimum absolute atomic E-state index is 0. The van der Waals surface area contributed by atoms with Crippen LogP contribution in [-0.4, -0.2) is 43.2 Å². The van der Waals surface area contributed by atoms with E-state index in [4.69, 9.17) is 10.5 Å². The summed E-state index contributed by atoms with van der Waals surface area (Å²) in [5.41, 5.74) is 7.65. The fourth-order valence-corrected chi connectivity index (χ4v) is 2.99. The Hall–Kier alpha value is -0.620. The van der Waals surface area contributed by atoms with Gasteiger partial charge in [0.25, 0.3) is 5.91 Å². The molecule has 2 rings (SSSR count). The molecule has 0 bridgehead atoms. The van der Waals surface area contributed by atoms with E-state index in [0.29, 0.717) is 18.7 Å². The van der Waals surface area contributed by atoms with Gasteiger partial charge in [-0.25, -0.2) is 0 Å². The molecule has 6 heteroatoms. The summed E-state index contributed by atoms with van der Waals surface area (Å²) in [6.45, 7) is 3.18. The number of aryl methyl sites for hydroxylation is 1. The number of likely N-dealkylation sites (tertiary alicyclic amines) is 1. The topological polar surface area (TPSA) is 55.6 Å². The quantitative estimate of drug-likeness (QED) is 0.881. The molecule has 21 heavy (non-hydrogen) atoms. The third-order valence-electron chi connectivity index (χ3n) is 3.95. The highest BCUT2D eigenvalue weighted by atomic mass is 79.9. The van der Waals surface area contributed by atoms with Crippen LogP contribution in [0.15, 0.2) is 22.7 Å². The molecule has 2 unspecified atom stereocenters. The Bertz CT molecular complexity index is 499. The van der Waals surface area contributed by atoms with Gasteiger partial charge in [0.1, 0.15) is 0 Å². The van der Waals surface area contributed by atoms with Gasteiger partial charge >= 0.3 is 0 Å². The SMILES string of the molecule is COC1CCN(C(=O)c2ccc(C)c(Br)c2)C(CN)C1.Cl. The van der Waals surface area contributed by atoms with Gasteiger partial charge in [0.15, 0.2) is 0 Å². The van der Waals surface area contributed by atoms with Gasteiger partial charge in [-0.2, -0.15) is 0 Å². The first-order valence-corrected chi connectivity index (χ1v) is 7.66. The van der Waals surface area contributed by atoms with Gasteiger partial charge in [0.2, 0.25) is 0 Å². The second-order valence-corrected chi connectivity index (χ2v) is 6.09. The molecule has 2 N–H and O–H groups in total. The summed E-state index contributed by atoms with van der Waals surface area (Å²) in [6, 6.07) is 5.77. The van der Waals surface area contributed by atoms with Crippen molar-refractivity contribution in [3.63, 3.8) is 0 Å². The molecule has 1 fully saturated rings. The van der Waals surface area contributed by atoms with E-state index in [1.165, 1.54) is 0 Å². The van der Waals surface area contributed by atoms with Gasteiger partial charge in [0.05, 0.1) is 6.10 Å². The zero-order valence-corrected chi connectivity index (χ0v) is 14.7. The number of ether oxygens (including phenoxy) is 1. The van der Waals surface area contributed by atoms with Crippen LogP contribution in [0, 0.1) is 6.92 Å². The molecule has 1 aromatic rings. The van der Waals surface area contributed by atoms with Crippen molar-refractivity contribution < 1.29 is 9.53 Å². The highest BCUT2D eigenvalue weighted by Crippen LogP contribution is 2.23. The number of rotatable bonds is 3. The van der Waals surface area contributed by atoms with E-state index in [1.807, 2.05) is 30.0 Å². The Morgan fingerprint density at radius 1 is 1.52 bits per heavy atom. The monoisotopic (exact) mass is 376 g/mol. The largest absolute Gasteiger partial charge is 0.381 e. The molecule has 2 atom stereocenters. The Labute approximate surface area is 140 Å². The minimum atomic E-state index is 0. The second-order valence-electron chi connectivity index (χ2n) is 5.23. The number of halogens is 2. The summed E-state index contributed by atoms with van der Waals surface area (Å²) in [6.07, 6.45) is 1.88. The number of carbonyl (C=O) groups is 1. The molecule has 0 aromatic heterocycles. The number of nitrogens with zero attached hydrogens (tertiary/aromatic N) is 1. The van der Waals surface area contributed by atoms with Gasteiger partial charge in [-0.15, -0.1) is 12.4 Å². The number of piperidine rings is 1. The lowest BCUT2D eigenvalue weighted by Crippen LogP contribution is -2.51. The number of nitrogens with two attached hydrogens (primary N) is 1. The Kier molecular flexibility index (Phi) is 7.13. The smallest absolute Gasteiger partial charge is 0.254 e. The molecular weight excluding hydrogens is 356 g/mol. The molecule has 1 amide bonds. The van der Waals surface area contributed by atoms with Crippen molar-refractivity contribution in [2.24, 2.45) is 5.73 Å². The van der Waals surface area contributed by atoms with E-state index in [1.54, 1.807) is 7.11 Å². The minimum Gasteiger partial charge on any atom is -0.381 e. The molecule has 0 radical (unpaired) electrons. The maximum absolute atomic E-state index is 12.6. The van der Waals surface area contributed by atoms with Crippen molar-refractivity contribution in [2.75, 3.05) is 20.2 Å². The van der Waals surface area contributed by atoms with Gasteiger partial charge in [-0.3, -0.25) is 4.79 Å². The lowest BCUT2D eigenvalue weighted by molar-refractivity contribution is 0.0139. The highest BCUT2D eigenvalue weighted by molar-refractivity contribution is 9.10. The molecule has 0 spiro atoms.